The van der Waals surface area contributed by atoms with Gasteiger partial charge in [0.1, 0.15) is 0 Å². The molecule has 0 aliphatic carbocycles. The molecule has 61 heavy (non-hydrogen) atoms. The molecule has 0 N–H and O–H groups in total. The molecule has 0 bridgehead atoms. The summed E-state index contributed by atoms with van der Waals surface area (Å²) in [6.45, 7) is 4.00. The van der Waals surface area contributed by atoms with E-state index in [9.17, 15) is 0 Å². The zero-order chi connectivity index (χ0) is 41.3. The first-order valence-electron chi connectivity index (χ1n) is 21.3. The molecule has 6 aromatic carbocycles. The smallest absolute Gasteiger partial charge is 0.235 e. The van der Waals surface area contributed by atoms with Crippen molar-refractivity contribution in [2.45, 2.75) is 32.7 Å². The van der Waals surface area contributed by atoms with Crippen LogP contribution in [0.5, 0.6) is 0 Å². The van der Waals surface area contributed by atoms with Gasteiger partial charge in [0.05, 0.1) is 45.2 Å². The van der Waals surface area contributed by atoms with Crippen LogP contribution >= 0.6 is 0 Å². The van der Waals surface area contributed by atoms with Gasteiger partial charge < -0.3 is 9.47 Å². The summed E-state index contributed by atoms with van der Waals surface area (Å²) in [6, 6.07) is 60.2. The van der Waals surface area contributed by atoms with Gasteiger partial charge in [-0.25, -0.2) is 9.97 Å². The first kappa shape index (κ1) is 37.7. The largest absolute Gasteiger partial charge is 0.373 e. The molecule has 0 radical (unpaired) electrons. The molecule has 0 spiro atoms. The van der Waals surface area contributed by atoms with Crippen LogP contribution in [0.25, 0.3) is 83.3 Å². The van der Waals surface area contributed by atoms with Gasteiger partial charge in [-0.2, -0.15) is 0 Å². The van der Waals surface area contributed by atoms with Crippen molar-refractivity contribution in [2.75, 3.05) is 7.05 Å². The summed E-state index contributed by atoms with van der Waals surface area (Å²) in [4.78, 5) is 18.3. The fourth-order valence-electron chi connectivity index (χ4n) is 8.96. The van der Waals surface area contributed by atoms with E-state index in [0.29, 0.717) is 5.95 Å². The summed E-state index contributed by atoms with van der Waals surface area (Å²) in [6.07, 6.45) is 10.7. The highest BCUT2D eigenvalue weighted by Gasteiger charge is 2.24. The Balaban J connectivity index is 0.00000220. The molecule has 0 saturated carbocycles. The average molecular weight is 791 g/mol. The Labute approximate surface area is 356 Å². The van der Waals surface area contributed by atoms with Crippen LogP contribution in [0.2, 0.25) is 0 Å². The zero-order valence-electron chi connectivity index (χ0n) is 34.7. The Morgan fingerprint density at radius 2 is 1.11 bits per heavy atom. The maximum absolute atomic E-state index is 5.53. The van der Waals surface area contributed by atoms with Crippen LogP contribution in [0.4, 0.5) is 0 Å². The summed E-state index contributed by atoms with van der Waals surface area (Å²) < 4.78 is 4.69. The van der Waals surface area contributed by atoms with Crippen molar-refractivity contribution in [3.05, 3.63) is 206 Å². The van der Waals surface area contributed by atoms with Gasteiger partial charge in [0.15, 0.2) is 0 Å². The minimum absolute atomic E-state index is 0.234. The highest BCUT2D eigenvalue weighted by Crippen LogP contribution is 2.42. The molecule has 0 amide bonds. The molecule has 1 unspecified atom stereocenters. The van der Waals surface area contributed by atoms with Gasteiger partial charge in [0, 0.05) is 63.4 Å². The van der Waals surface area contributed by atoms with E-state index >= 15 is 0 Å². The molecule has 4 aromatic heterocycles. The van der Waals surface area contributed by atoms with E-state index in [4.69, 9.17) is 15.0 Å². The SMILES string of the molecule is CC.CN1/C=C(c2cc(-c3ccc(-c4ccccc4)nc3)nc(-n3c4ccccc4c4ccc5c6ccccc6n(-c6ccccc6)c5c43)n2)\C=C/CCC1c1ccccc1. The second-order valence-electron chi connectivity index (χ2n) is 15.3. The normalized spacial score (nSPS) is 15.6. The fraction of sp³-hybridized carbons (Fsp3) is 0.109. The molecule has 1 aliphatic heterocycles. The van der Waals surface area contributed by atoms with Crippen LogP contribution in [-0.2, 0) is 0 Å². The van der Waals surface area contributed by atoms with Crippen LogP contribution in [0.3, 0.4) is 0 Å². The van der Waals surface area contributed by atoms with E-state index in [2.05, 4.69) is 191 Å². The number of aromatic nitrogens is 5. The van der Waals surface area contributed by atoms with Crippen molar-refractivity contribution in [2.24, 2.45) is 0 Å². The summed E-state index contributed by atoms with van der Waals surface area (Å²) in [5.74, 6) is 0.604. The van der Waals surface area contributed by atoms with Crippen LogP contribution < -0.4 is 0 Å². The maximum atomic E-state index is 5.53. The molecular weight excluding hydrogens is 745 g/mol. The second kappa shape index (κ2) is 16.2. The van der Waals surface area contributed by atoms with Crippen molar-refractivity contribution >= 4 is 49.2 Å². The standard InChI is InChI=1S/C53H40N6.C2H6/c1-57-35-39(21-11-14-26-48(57)37-19-7-3-8-20-37)47-33-46(38-29-32-45(54-34-38)36-17-5-2-6-18-36)55-53(56-47)59-50-28-16-13-25-42(50)44-31-30-43-41-24-12-15-27-49(41)58(51(43)52(44)59)40-22-9-4-10-23-40;1-2/h2-13,15-25,27-35,48H,14,26H2,1H3;1-2H3/b21-11-,39-35+;. The van der Waals surface area contributed by atoms with Crippen LogP contribution in [0, 0.1) is 0 Å². The number of pyridine rings is 1. The lowest BCUT2D eigenvalue weighted by atomic mass is 9.98. The van der Waals surface area contributed by atoms with Gasteiger partial charge in [-0.05, 0) is 60.9 Å². The number of hydrogen-bond donors (Lipinski definition) is 0. The number of allylic oxidation sites excluding steroid dienone is 3. The summed E-state index contributed by atoms with van der Waals surface area (Å²) >= 11 is 0. The number of nitrogens with zero attached hydrogens (tertiary/aromatic N) is 6. The zero-order valence-corrected chi connectivity index (χ0v) is 34.7. The first-order chi connectivity index (χ1) is 30.2. The van der Waals surface area contributed by atoms with E-state index in [0.717, 1.165) is 85.2 Å². The van der Waals surface area contributed by atoms with Crippen molar-refractivity contribution in [1.29, 1.82) is 0 Å². The van der Waals surface area contributed by atoms with Gasteiger partial charge in [-0.15, -0.1) is 0 Å². The third-order valence-electron chi connectivity index (χ3n) is 11.7. The Kier molecular flexibility index (Phi) is 10.0. The van der Waals surface area contributed by atoms with Crippen LogP contribution in [0.1, 0.15) is 44.0 Å². The Morgan fingerprint density at radius 1 is 0.525 bits per heavy atom. The molecule has 6 heteroatoms. The predicted octanol–water partition coefficient (Wildman–Crippen LogP) is 13.8. The summed E-state index contributed by atoms with van der Waals surface area (Å²) in [7, 11) is 2.18. The molecule has 6 nitrogen and oxygen atoms in total. The summed E-state index contributed by atoms with van der Waals surface area (Å²) in [5, 5.41) is 4.67. The minimum Gasteiger partial charge on any atom is -0.373 e. The third kappa shape index (κ3) is 6.76. The van der Waals surface area contributed by atoms with E-state index in [1.807, 2.05) is 38.2 Å². The first-order valence-corrected chi connectivity index (χ1v) is 21.3. The van der Waals surface area contributed by atoms with Crippen molar-refractivity contribution in [1.82, 2.24) is 29.0 Å². The number of para-hydroxylation sites is 3. The number of fused-ring (bicyclic) bond motifs is 7. The van der Waals surface area contributed by atoms with Gasteiger partial charge in [0.25, 0.3) is 0 Å². The van der Waals surface area contributed by atoms with Crippen molar-refractivity contribution in [3.63, 3.8) is 0 Å². The van der Waals surface area contributed by atoms with Gasteiger partial charge in [-0.1, -0.05) is 153 Å². The van der Waals surface area contributed by atoms with Crippen molar-refractivity contribution in [3.8, 4) is 34.2 Å². The molecule has 11 rings (SSSR count). The monoisotopic (exact) mass is 790 g/mol. The average Bonchev–Trinajstić information content (AvgIpc) is 3.85. The van der Waals surface area contributed by atoms with E-state index < -0.39 is 0 Å². The maximum Gasteiger partial charge on any atom is 0.235 e. The summed E-state index contributed by atoms with van der Waals surface area (Å²) in [5.41, 5.74) is 12.4. The van der Waals surface area contributed by atoms with Gasteiger partial charge >= 0.3 is 0 Å². The molecular formula is C55H46N6. The molecule has 0 saturated heterocycles. The highest BCUT2D eigenvalue weighted by molar-refractivity contribution is 6.23. The topological polar surface area (TPSA) is 51.8 Å². The molecule has 1 atom stereocenters. The Morgan fingerprint density at radius 3 is 1.79 bits per heavy atom. The van der Waals surface area contributed by atoms with E-state index in [1.54, 1.807) is 0 Å². The third-order valence-corrected chi connectivity index (χ3v) is 11.7. The number of rotatable bonds is 6. The van der Waals surface area contributed by atoms with E-state index in [-0.39, 0.29) is 6.04 Å². The van der Waals surface area contributed by atoms with Gasteiger partial charge in [-0.3, -0.25) is 9.55 Å². The second-order valence-corrected chi connectivity index (χ2v) is 15.3. The number of hydrogen-bond acceptors (Lipinski definition) is 4. The number of benzene rings is 6. The molecule has 10 aromatic rings. The fourth-order valence-corrected chi connectivity index (χ4v) is 8.96. The lowest BCUT2D eigenvalue weighted by Crippen LogP contribution is -2.20. The van der Waals surface area contributed by atoms with Gasteiger partial charge in [0.2, 0.25) is 5.95 Å². The van der Waals surface area contributed by atoms with Crippen LogP contribution in [-0.4, -0.2) is 36.0 Å². The molecule has 0 fully saturated rings. The molecule has 5 heterocycles. The van der Waals surface area contributed by atoms with E-state index in [1.165, 1.54) is 16.3 Å². The lowest BCUT2D eigenvalue weighted by Gasteiger charge is -2.29. The lowest BCUT2D eigenvalue weighted by molar-refractivity contribution is 0.320. The Bertz CT molecular complexity index is 3210. The minimum atomic E-state index is 0.234. The predicted molar refractivity (Wildman–Crippen MR) is 254 cm³/mol. The quantitative estimate of drug-likeness (QED) is 0.168. The highest BCUT2D eigenvalue weighted by atomic mass is 15.2. The Hall–Kier alpha value is -7.57. The van der Waals surface area contributed by atoms with Crippen molar-refractivity contribution < 1.29 is 0 Å². The molecule has 296 valence electrons. The molecule has 1 aliphatic rings. The van der Waals surface area contributed by atoms with Crippen LogP contribution in [0.15, 0.2) is 194 Å².